The second-order valence-corrected chi connectivity index (χ2v) is 5.96. The van der Waals surface area contributed by atoms with E-state index in [1.807, 2.05) is 24.3 Å². The number of hydrogen-bond donors (Lipinski definition) is 2. The molecule has 0 aliphatic carbocycles. The molecule has 0 unspecified atom stereocenters. The number of anilines is 2. The quantitative estimate of drug-likeness (QED) is 0.791. The van der Waals surface area contributed by atoms with Crippen molar-refractivity contribution >= 4 is 23.4 Å². The number of ether oxygens (including phenoxy) is 1. The van der Waals surface area contributed by atoms with Gasteiger partial charge in [-0.2, -0.15) is 10.1 Å². The summed E-state index contributed by atoms with van der Waals surface area (Å²) in [4.78, 5) is 6.78. The molecule has 3 rings (SSSR count). The first-order valence-corrected chi connectivity index (χ1v) is 8.39. The van der Waals surface area contributed by atoms with Crippen LogP contribution >= 0.6 is 11.6 Å². The number of benzene rings is 1. The van der Waals surface area contributed by atoms with Crippen LogP contribution in [0, 0.1) is 0 Å². The molecule has 24 heavy (non-hydrogen) atoms. The van der Waals surface area contributed by atoms with Crippen molar-refractivity contribution in [1.82, 2.24) is 20.1 Å². The van der Waals surface area contributed by atoms with Crippen molar-refractivity contribution < 1.29 is 4.74 Å². The molecule has 1 saturated heterocycles. The molecule has 2 heterocycles. The molecule has 0 saturated carbocycles. The third-order valence-electron chi connectivity index (χ3n) is 3.76. The number of nitrogens with one attached hydrogen (secondary N) is 2. The van der Waals surface area contributed by atoms with Gasteiger partial charge in [-0.05, 0) is 17.7 Å². The van der Waals surface area contributed by atoms with E-state index >= 15 is 0 Å². The maximum Gasteiger partial charge on any atom is 0.244 e. The summed E-state index contributed by atoms with van der Waals surface area (Å²) in [6.07, 6.45) is 1.61. The van der Waals surface area contributed by atoms with Gasteiger partial charge in [-0.25, -0.2) is 0 Å². The average Bonchev–Trinajstić information content (AvgIpc) is 2.63. The average molecular weight is 349 g/mol. The predicted molar refractivity (Wildman–Crippen MR) is 94.4 cm³/mol. The highest BCUT2D eigenvalue weighted by Gasteiger charge is 2.09. The Balaban J connectivity index is 1.45. The minimum atomic E-state index is 0.532. The van der Waals surface area contributed by atoms with Crippen LogP contribution in [-0.4, -0.2) is 59.5 Å². The molecule has 128 valence electrons. The van der Waals surface area contributed by atoms with E-state index in [1.165, 1.54) is 0 Å². The monoisotopic (exact) mass is 348 g/mol. The summed E-state index contributed by atoms with van der Waals surface area (Å²) in [7, 11) is 0. The van der Waals surface area contributed by atoms with Crippen LogP contribution in [0.4, 0.5) is 11.8 Å². The fourth-order valence-electron chi connectivity index (χ4n) is 2.41. The van der Waals surface area contributed by atoms with E-state index in [-0.39, 0.29) is 0 Å². The van der Waals surface area contributed by atoms with Crippen LogP contribution in [0.3, 0.4) is 0 Å². The van der Waals surface area contributed by atoms with Gasteiger partial charge in [-0.15, -0.1) is 5.10 Å². The van der Waals surface area contributed by atoms with Crippen LogP contribution in [0.25, 0.3) is 0 Å². The molecule has 1 fully saturated rings. The van der Waals surface area contributed by atoms with Crippen LogP contribution in [0.15, 0.2) is 30.5 Å². The molecule has 2 N–H and O–H groups in total. The highest BCUT2D eigenvalue weighted by Crippen LogP contribution is 2.11. The molecule has 1 aromatic heterocycles. The number of rotatable bonds is 7. The molecule has 1 aromatic carbocycles. The Labute approximate surface area is 146 Å². The SMILES string of the molecule is Clc1ccc(CNc2cnnc(NCCN3CCOCC3)n2)cc1. The third kappa shape index (κ3) is 5.30. The number of halogens is 1. The summed E-state index contributed by atoms with van der Waals surface area (Å²) < 4.78 is 5.34. The van der Waals surface area contributed by atoms with Crippen LogP contribution < -0.4 is 10.6 Å². The van der Waals surface area contributed by atoms with Crippen molar-refractivity contribution in [3.05, 3.63) is 41.0 Å². The Kier molecular flexibility index (Phi) is 6.17. The number of nitrogens with zero attached hydrogens (tertiary/aromatic N) is 4. The number of hydrogen-bond acceptors (Lipinski definition) is 7. The summed E-state index contributed by atoms with van der Waals surface area (Å²) >= 11 is 5.88. The molecule has 0 amide bonds. The molecule has 0 spiro atoms. The fourth-order valence-corrected chi connectivity index (χ4v) is 2.54. The number of aromatic nitrogens is 3. The first-order valence-electron chi connectivity index (χ1n) is 8.01. The third-order valence-corrected chi connectivity index (χ3v) is 4.01. The lowest BCUT2D eigenvalue weighted by atomic mass is 10.2. The van der Waals surface area contributed by atoms with E-state index in [1.54, 1.807) is 6.20 Å². The Morgan fingerprint density at radius 1 is 1.12 bits per heavy atom. The van der Waals surface area contributed by atoms with Gasteiger partial charge in [-0.3, -0.25) is 4.90 Å². The van der Waals surface area contributed by atoms with Gasteiger partial charge in [0.25, 0.3) is 0 Å². The Hall–Kier alpha value is -1.96. The minimum absolute atomic E-state index is 0.532. The van der Waals surface area contributed by atoms with Gasteiger partial charge in [0.1, 0.15) is 0 Å². The molecule has 2 aromatic rings. The van der Waals surface area contributed by atoms with Crippen LogP contribution in [-0.2, 0) is 11.3 Å². The number of morpholine rings is 1. The zero-order chi connectivity index (χ0) is 16.6. The first kappa shape index (κ1) is 16.9. The standard InChI is InChI=1S/C16H21ClN6O/c17-14-3-1-13(2-4-14)11-19-15-12-20-22-16(21-15)18-5-6-23-7-9-24-10-8-23/h1-4,12H,5-11H2,(H2,18,19,21,22). The largest absolute Gasteiger partial charge is 0.379 e. The zero-order valence-electron chi connectivity index (χ0n) is 13.4. The lowest BCUT2D eigenvalue weighted by molar-refractivity contribution is 0.0398. The topological polar surface area (TPSA) is 75.2 Å². The van der Waals surface area contributed by atoms with Gasteiger partial charge >= 0.3 is 0 Å². The molecule has 0 atom stereocenters. The first-order chi connectivity index (χ1) is 11.8. The van der Waals surface area contributed by atoms with Crippen molar-refractivity contribution in [3.8, 4) is 0 Å². The molecule has 0 bridgehead atoms. The van der Waals surface area contributed by atoms with Crippen LogP contribution in [0.5, 0.6) is 0 Å². The Morgan fingerprint density at radius 2 is 1.92 bits per heavy atom. The summed E-state index contributed by atoms with van der Waals surface area (Å²) in [6, 6.07) is 7.70. The molecular weight excluding hydrogens is 328 g/mol. The van der Waals surface area contributed by atoms with Gasteiger partial charge < -0.3 is 15.4 Å². The van der Waals surface area contributed by atoms with Gasteiger partial charge in [0.2, 0.25) is 5.95 Å². The fraction of sp³-hybridized carbons (Fsp3) is 0.438. The molecule has 0 radical (unpaired) electrons. The summed E-state index contributed by atoms with van der Waals surface area (Å²) in [6.45, 7) is 5.94. The lowest BCUT2D eigenvalue weighted by Gasteiger charge is -2.26. The minimum Gasteiger partial charge on any atom is -0.379 e. The van der Waals surface area contributed by atoms with Crippen molar-refractivity contribution in [3.63, 3.8) is 0 Å². The maximum atomic E-state index is 5.88. The molecule has 7 nitrogen and oxygen atoms in total. The van der Waals surface area contributed by atoms with Gasteiger partial charge in [0.15, 0.2) is 5.82 Å². The van der Waals surface area contributed by atoms with Crippen molar-refractivity contribution in [2.24, 2.45) is 0 Å². The highest BCUT2D eigenvalue weighted by molar-refractivity contribution is 6.30. The van der Waals surface area contributed by atoms with Crippen molar-refractivity contribution in [2.45, 2.75) is 6.54 Å². The molecule has 1 aliphatic heterocycles. The van der Waals surface area contributed by atoms with Crippen molar-refractivity contribution in [2.75, 3.05) is 50.0 Å². The van der Waals surface area contributed by atoms with Gasteiger partial charge in [-0.1, -0.05) is 23.7 Å². The van der Waals surface area contributed by atoms with Crippen molar-refractivity contribution in [1.29, 1.82) is 0 Å². The van der Waals surface area contributed by atoms with Gasteiger partial charge in [0.05, 0.1) is 19.4 Å². The zero-order valence-corrected chi connectivity index (χ0v) is 14.2. The van der Waals surface area contributed by atoms with Crippen LogP contribution in [0.1, 0.15) is 5.56 Å². The van der Waals surface area contributed by atoms with E-state index in [0.717, 1.165) is 50.0 Å². The van der Waals surface area contributed by atoms with E-state index in [9.17, 15) is 0 Å². The van der Waals surface area contributed by atoms with Crippen LogP contribution in [0.2, 0.25) is 5.02 Å². The molecule has 8 heteroatoms. The summed E-state index contributed by atoms with van der Waals surface area (Å²) in [5.74, 6) is 1.22. The second-order valence-electron chi connectivity index (χ2n) is 5.53. The summed E-state index contributed by atoms with van der Waals surface area (Å²) in [5, 5.41) is 15.2. The van der Waals surface area contributed by atoms with E-state index < -0.39 is 0 Å². The van der Waals surface area contributed by atoms with Gasteiger partial charge in [0, 0.05) is 37.7 Å². The Morgan fingerprint density at radius 3 is 2.71 bits per heavy atom. The molecule has 1 aliphatic rings. The molecular formula is C16H21ClN6O. The highest BCUT2D eigenvalue weighted by atomic mass is 35.5. The van der Waals surface area contributed by atoms with E-state index in [4.69, 9.17) is 16.3 Å². The Bertz CT molecular complexity index is 633. The normalized spacial score (nSPS) is 15.2. The lowest BCUT2D eigenvalue weighted by Crippen LogP contribution is -2.39. The smallest absolute Gasteiger partial charge is 0.244 e. The maximum absolute atomic E-state index is 5.88. The van der Waals surface area contributed by atoms with E-state index in [0.29, 0.717) is 18.3 Å². The predicted octanol–water partition coefficient (Wildman–Crippen LogP) is 1.88. The summed E-state index contributed by atoms with van der Waals surface area (Å²) in [5.41, 5.74) is 1.12. The second kappa shape index (κ2) is 8.77. The van der Waals surface area contributed by atoms with E-state index in [2.05, 4.69) is 30.7 Å².